The molecule has 0 aliphatic carbocycles. The highest BCUT2D eigenvalue weighted by atomic mass is 32.1. The number of carbonyl (C=O) groups excluding carboxylic acids is 1. The zero-order valence-corrected chi connectivity index (χ0v) is 14.9. The molecule has 0 unspecified atom stereocenters. The molecule has 4 nitrogen and oxygen atoms in total. The predicted octanol–water partition coefficient (Wildman–Crippen LogP) is 3.03. The van der Waals surface area contributed by atoms with E-state index in [1.54, 1.807) is 18.4 Å². The second-order valence-electron chi connectivity index (χ2n) is 6.08. The van der Waals surface area contributed by atoms with Gasteiger partial charge in [-0.2, -0.15) is 0 Å². The molecule has 128 valence electrons. The Morgan fingerprint density at radius 2 is 1.88 bits per heavy atom. The molecule has 1 aromatic heterocycles. The van der Waals surface area contributed by atoms with E-state index < -0.39 is 0 Å². The lowest BCUT2D eigenvalue weighted by atomic mass is 10.2. The molecule has 0 N–H and O–H groups in total. The molecular formula is C19H24N2O2S. The van der Waals surface area contributed by atoms with Gasteiger partial charge in [0.25, 0.3) is 0 Å². The number of aryl methyl sites for hydroxylation is 1. The Kier molecular flexibility index (Phi) is 5.88. The first-order valence-electron chi connectivity index (χ1n) is 8.40. The molecule has 1 fully saturated rings. The highest BCUT2D eigenvalue weighted by Gasteiger charge is 2.20. The number of amides is 1. The molecule has 1 saturated heterocycles. The lowest BCUT2D eigenvalue weighted by molar-refractivity contribution is -0.132. The van der Waals surface area contributed by atoms with Gasteiger partial charge in [-0.3, -0.25) is 9.69 Å². The number of nitrogens with zero attached hydrogens (tertiary/aromatic N) is 2. The van der Waals surface area contributed by atoms with Gasteiger partial charge in [0.1, 0.15) is 5.75 Å². The van der Waals surface area contributed by atoms with Crippen molar-refractivity contribution < 1.29 is 9.53 Å². The number of benzene rings is 1. The lowest BCUT2D eigenvalue weighted by Gasteiger charge is -2.34. The van der Waals surface area contributed by atoms with Crippen LogP contribution in [-0.2, 0) is 17.8 Å². The number of ether oxygens (including phenoxy) is 1. The summed E-state index contributed by atoms with van der Waals surface area (Å²) in [5.41, 5.74) is 1.29. The van der Waals surface area contributed by atoms with Crippen LogP contribution in [0.25, 0.3) is 0 Å². The predicted molar refractivity (Wildman–Crippen MR) is 97.5 cm³/mol. The number of rotatable bonds is 6. The number of methoxy groups -OCH3 is 1. The minimum absolute atomic E-state index is 0.285. The molecule has 2 aromatic rings. The van der Waals surface area contributed by atoms with Gasteiger partial charge >= 0.3 is 0 Å². The number of carbonyl (C=O) groups is 1. The minimum Gasteiger partial charge on any atom is -0.497 e. The molecule has 1 amide bonds. The number of hydrogen-bond donors (Lipinski definition) is 0. The van der Waals surface area contributed by atoms with Crippen molar-refractivity contribution in [1.29, 1.82) is 0 Å². The van der Waals surface area contributed by atoms with Gasteiger partial charge in [0.05, 0.1) is 7.11 Å². The standard InChI is InChI=1S/C19H24N2O2S/c1-23-17-6-4-16(5-7-17)15-20-10-12-21(13-11-20)19(22)9-8-18-3-2-14-24-18/h2-7,14H,8-13,15H2,1H3. The summed E-state index contributed by atoms with van der Waals surface area (Å²) >= 11 is 1.73. The van der Waals surface area contributed by atoms with Crippen molar-refractivity contribution in [3.8, 4) is 5.75 Å². The smallest absolute Gasteiger partial charge is 0.223 e. The quantitative estimate of drug-likeness (QED) is 0.807. The van der Waals surface area contributed by atoms with Crippen LogP contribution in [0, 0.1) is 0 Å². The third-order valence-electron chi connectivity index (χ3n) is 4.46. The molecule has 5 heteroatoms. The third-order valence-corrected chi connectivity index (χ3v) is 5.39. The van der Waals surface area contributed by atoms with Crippen molar-refractivity contribution >= 4 is 17.2 Å². The Morgan fingerprint density at radius 3 is 2.50 bits per heavy atom. The van der Waals surface area contributed by atoms with Crippen LogP contribution in [-0.4, -0.2) is 49.0 Å². The molecule has 1 aliphatic heterocycles. The summed E-state index contributed by atoms with van der Waals surface area (Å²) in [4.78, 5) is 18.0. The maximum Gasteiger partial charge on any atom is 0.223 e. The fraction of sp³-hybridized carbons (Fsp3) is 0.421. The van der Waals surface area contributed by atoms with Gasteiger partial charge in [-0.1, -0.05) is 18.2 Å². The van der Waals surface area contributed by atoms with Gasteiger partial charge in [-0.15, -0.1) is 11.3 Å². The Hall–Kier alpha value is -1.85. The van der Waals surface area contributed by atoms with Crippen molar-refractivity contribution in [2.24, 2.45) is 0 Å². The topological polar surface area (TPSA) is 32.8 Å². The molecule has 0 spiro atoms. The van der Waals surface area contributed by atoms with Crippen molar-refractivity contribution in [3.63, 3.8) is 0 Å². The lowest BCUT2D eigenvalue weighted by Crippen LogP contribution is -2.48. The second kappa shape index (κ2) is 8.31. The van der Waals surface area contributed by atoms with Crippen LogP contribution in [0.2, 0.25) is 0 Å². The largest absolute Gasteiger partial charge is 0.497 e. The summed E-state index contributed by atoms with van der Waals surface area (Å²) in [6.45, 7) is 4.48. The van der Waals surface area contributed by atoms with Crippen LogP contribution >= 0.6 is 11.3 Å². The van der Waals surface area contributed by atoms with E-state index in [-0.39, 0.29) is 5.91 Å². The van der Waals surface area contributed by atoms with Gasteiger partial charge in [0.2, 0.25) is 5.91 Å². The van der Waals surface area contributed by atoms with E-state index in [4.69, 9.17) is 4.74 Å². The van der Waals surface area contributed by atoms with E-state index in [0.717, 1.165) is 44.9 Å². The Labute approximate surface area is 147 Å². The van der Waals surface area contributed by atoms with Crippen LogP contribution in [0.3, 0.4) is 0 Å². The average molecular weight is 344 g/mol. The van der Waals surface area contributed by atoms with Gasteiger partial charge in [-0.05, 0) is 35.6 Å². The van der Waals surface area contributed by atoms with Crippen molar-refractivity contribution in [2.45, 2.75) is 19.4 Å². The SMILES string of the molecule is COc1ccc(CN2CCN(C(=O)CCc3cccs3)CC2)cc1. The van der Waals surface area contributed by atoms with Crippen LogP contribution in [0.5, 0.6) is 5.75 Å². The summed E-state index contributed by atoms with van der Waals surface area (Å²) in [6.07, 6.45) is 1.49. The van der Waals surface area contributed by atoms with E-state index in [1.807, 2.05) is 23.1 Å². The zero-order chi connectivity index (χ0) is 16.8. The van der Waals surface area contributed by atoms with E-state index in [1.165, 1.54) is 10.4 Å². The van der Waals surface area contributed by atoms with Crippen LogP contribution in [0.4, 0.5) is 0 Å². The first-order valence-corrected chi connectivity index (χ1v) is 9.28. The molecule has 1 aliphatic rings. The van der Waals surface area contributed by atoms with Gasteiger partial charge in [0, 0.05) is 44.0 Å². The van der Waals surface area contributed by atoms with E-state index in [0.29, 0.717) is 6.42 Å². The van der Waals surface area contributed by atoms with E-state index in [9.17, 15) is 4.79 Å². The maximum atomic E-state index is 12.3. The first-order chi connectivity index (χ1) is 11.7. The first kappa shape index (κ1) is 17.0. The van der Waals surface area contributed by atoms with Crippen LogP contribution in [0.15, 0.2) is 41.8 Å². The van der Waals surface area contributed by atoms with Crippen molar-refractivity contribution in [1.82, 2.24) is 9.80 Å². The molecular weight excluding hydrogens is 320 g/mol. The minimum atomic E-state index is 0.285. The molecule has 24 heavy (non-hydrogen) atoms. The highest BCUT2D eigenvalue weighted by molar-refractivity contribution is 7.09. The summed E-state index contributed by atoms with van der Waals surface area (Å²) in [7, 11) is 1.68. The molecule has 0 saturated carbocycles. The second-order valence-corrected chi connectivity index (χ2v) is 7.12. The molecule has 0 bridgehead atoms. The number of thiophene rings is 1. The normalized spacial score (nSPS) is 15.5. The molecule has 2 heterocycles. The van der Waals surface area contributed by atoms with Gasteiger partial charge in [0.15, 0.2) is 0 Å². The Morgan fingerprint density at radius 1 is 1.12 bits per heavy atom. The van der Waals surface area contributed by atoms with Crippen molar-refractivity contribution in [3.05, 3.63) is 52.2 Å². The van der Waals surface area contributed by atoms with Crippen LogP contribution in [0.1, 0.15) is 16.9 Å². The fourth-order valence-electron chi connectivity index (χ4n) is 2.99. The highest BCUT2D eigenvalue weighted by Crippen LogP contribution is 2.15. The van der Waals surface area contributed by atoms with E-state index in [2.05, 4.69) is 28.5 Å². The summed E-state index contributed by atoms with van der Waals surface area (Å²) in [5.74, 6) is 1.17. The molecule has 1 aromatic carbocycles. The molecule has 0 atom stereocenters. The Balaban J connectivity index is 1.42. The number of piperazine rings is 1. The Bertz CT molecular complexity index is 632. The molecule has 0 radical (unpaired) electrons. The maximum absolute atomic E-state index is 12.3. The summed E-state index contributed by atoms with van der Waals surface area (Å²) in [6, 6.07) is 12.4. The monoisotopic (exact) mass is 344 g/mol. The van der Waals surface area contributed by atoms with Gasteiger partial charge in [-0.25, -0.2) is 0 Å². The fourth-order valence-corrected chi connectivity index (χ4v) is 3.70. The van der Waals surface area contributed by atoms with E-state index >= 15 is 0 Å². The van der Waals surface area contributed by atoms with Gasteiger partial charge < -0.3 is 9.64 Å². The number of hydrogen-bond acceptors (Lipinski definition) is 4. The van der Waals surface area contributed by atoms with Crippen LogP contribution < -0.4 is 4.74 Å². The average Bonchev–Trinajstić information content (AvgIpc) is 3.14. The van der Waals surface area contributed by atoms with Crippen molar-refractivity contribution in [2.75, 3.05) is 33.3 Å². The molecule has 3 rings (SSSR count). The third kappa shape index (κ3) is 4.58. The summed E-state index contributed by atoms with van der Waals surface area (Å²) in [5, 5.41) is 2.07. The summed E-state index contributed by atoms with van der Waals surface area (Å²) < 4.78 is 5.19. The zero-order valence-electron chi connectivity index (χ0n) is 14.1.